The number of rotatable bonds is 6. The minimum atomic E-state index is -0.492. The van der Waals surface area contributed by atoms with Crippen molar-refractivity contribution in [2.45, 2.75) is 71.2 Å². The van der Waals surface area contributed by atoms with Crippen molar-refractivity contribution in [3.05, 3.63) is 0 Å². The molecule has 1 aliphatic rings. The topological polar surface area (TPSA) is 61.8 Å². The molecule has 1 saturated heterocycles. The number of ether oxygens (including phenoxy) is 3. The zero-order valence-electron chi connectivity index (χ0n) is 11.9. The largest absolute Gasteiger partial charge is 0.460 e. The summed E-state index contributed by atoms with van der Waals surface area (Å²) in [6.45, 7) is 4.17. The van der Waals surface area contributed by atoms with E-state index in [-0.39, 0.29) is 18.0 Å². The Morgan fingerprint density at radius 1 is 1.05 bits per heavy atom. The summed E-state index contributed by atoms with van der Waals surface area (Å²) in [7, 11) is 0. The monoisotopic (exact) mass is 272 g/mol. The Hall–Kier alpha value is -1.10. The maximum atomic E-state index is 11.4. The number of hydrogen-bond acceptors (Lipinski definition) is 5. The van der Waals surface area contributed by atoms with E-state index < -0.39 is 6.29 Å². The zero-order chi connectivity index (χ0) is 14.1. The van der Waals surface area contributed by atoms with Crippen LogP contribution in [0.4, 0.5) is 0 Å². The molecule has 19 heavy (non-hydrogen) atoms. The van der Waals surface area contributed by atoms with Gasteiger partial charge in [0, 0.05) is 19.3 Å². The molecular formula is C14H24O5. The van der Waals surface area contributed by atoms with E-state index in [1.54, 1.807) is 0 Å². The van der Waals surface area contributed by atoms with E-state index in [4.69, 9.17) is 14.2 Å². The smallest absolute Gasteiger partial charge is 0.308 e. The first-order valence-electron chi connectivity index (χ1n) is 7.16. The van der Waals surface area contributed by atoms with Gasteiger partial charge in [-0.1, -0.05) is 13.8 Å². The maximum Gasteiger partial charge on any atom is 0.308 e. The molecule has 2 unspecified atom stereocenters. The lowest BCUT2D eigenvalue weighted by Gasteiger charge is -2.17. The van der Waals surface area contributed by atoms with Crippen LogP contribution in [0, 0.1) is 0 Å². The average molecular weight is 272 g/mol. The molecule has 5 nitrogen and oxygen atoms in total. The Labute approximate surface area is 114 Å². The molecule has 5 heteroatoms. The molecule has 0 aliphatic carbocycles. The molecular weight excluding hydrogens is 248 g/mol. The van der Waals surface area contributed by atoms with Gasteiger partial charge in [-0.3, -0.25) is 9.59 Å². The second kappa shape index (κ2) is 8.91. The molecule has 0 N–H and O–H groups in total. The van der Waals surface area contributed by atoms with Crippen LogP contribution in [0.2, 0.25) is 0 Å². The normalized spacial score (nSPS) is 23.5. The van der Waals surface area contributed by atoms with Crippen LogP contribution in [0.1, 0.15) is 58.8 Å². The second-order valence-corrected chi connectivity index (χ2v) is 4.80. The molecule has 0 bridgehead atoms. The zero-order valence-corrected chi connectivity index (χ0v) is 11.9. The molecule has 1 rings (SSSR count). The second-order valence-electron chi connectivity index (χ2n) is 4.80. The summed E-state index contributed by atoms with van der Waals surface area (Å²) < 4.78 is 16.0. The van der Waals surface area contributed by atoms with Gasteiger partial charge in [0.2, 0.25) is 6.29 Å². The molecule has 2 atom stereocenters. The number of hydrogen-bond donors (Lipinski definition) is 0. The summed E-state index contributed by atoms with van der Waals surface area (Å²) >= 11 is 0. The highest BCUT2D eigenvalue weighted by Gasteiger charge is 2.23. The average Bonchev–Trinajstić information content (AvgIpc) is 2.55. The minimum Gasteiger partial charge on any atom is -0.460 e. The molecule has 0 amide bonds. The van der Waals surface area contributed by atoms with Crippen molar-refractivity contribution in [2.75, 3.05) is 6.61 Å². The fourth-order valence-electron chi connectivity index (χ4n) is 1.94. The van der Waals surface area contributed by atoms with E-state index in [0.717, 1.165) is 25.7 Å². The van der Waals surface area contributed by atoms with Gasteiger partial charge in [-0.15, -0.1) is 0 Å². The van der Waals surface area contributed by atoms with Crippen LogP contribution in [-0.2, 0) is 23.8 Å². The van der Waals surface area contributed by atoms with Crippen LogP contribution in [0.25, 0.3) is 0 Å². The van der Waals surface area contributed by atoms with Gasteiger partial charge < -0.3 is 14.2 Å². The SMILES string of the molecule is CCCC(=O)OC1CCCC(OC(=O)CCC)OC1. The Bertz CT molecular complexity index is 262. The van der Waals surface area contributed by atoms with E-state index >= 15 is 0 Å². The van der Waals surface area contributed by atoms with Gasteiger partial charge >= 0.3 is 11.9 Å². The molecule has 0 aromatic carbocycles. The molecule has 1 fully saturated rings. The molecule has 1 heterocycles. The van der Waals surface area contributed by atoms with Crippen molar-refractivity contribution in [1.82, 2.24) is 0 Å². The van der Waals surface area contributed by atoms with Crippen molar-refractivity contribution >= 4 is 11.9 Å². The van der Waals surface area contributed by atoms with Crippen LogP contribution in [-0.4, -0.2) is 30.9 Å². The first-order chi connectivity index (χ1) is 9.15. The minimum absolute atomic E-state index is 0.183. The van der Waals surface area contributed by atoms with Gasteiger partial charge in [-0.25, -0.2) is 0 Å². The molecule has 0 radical (unpaired) electrons. The highest BCUT2D eigenvalue weighted by Crippen LogP contribution is 2.18. The van der Waals surface area contributed by atoms with E-state index in [2.05, 4.69) is 0 Å². The molecule has 0 aromatic heterocycles. The third-order valence-corrected chi connectivity index (χ3v) is 2.90. The molecule has 1 aliphatic heterocycles. The summed E-state index contributed by atoms with van der Waals surface area (Å²) in [6.07, 6.45) is 3.94. The maximum absolute atomic E-state index is 11.4. The predicted molar refractivity (Wildman–Crippen MR) is 69.4 cm³/mol. The first kappa shape index (κ1) is 16.0. The fourth-order valence-corrected chi connectivity index (χ4v) is 1.94. The molecule has 0 spiro atoms. The van der Waals surface area contributed by atoms with E-state index in [0.29, 0.717) is 25.9 Å². The van der Waals surface area contributed by atoms with Gasteiger partial charge in [-0.05, 0) is 25.7 Å². The summed E-state index contributed by atoms with van der Waals surface area (Å²) in [5.74, 6) is -0.411. The molecule has 110 valence electrons. The van der Waals surface area contributed by atoms with Crippen molar-refractivity contribution in [3.63, 3.8) is 0 Å². The lowest BCUT2D eigenvalue weighted by molar-refractivity contribution is -0.185. The Balaban J connectivity index is 2.30. The Kier molecular flexibility index (Phi) is 7.48. The van der Waals surface area contributed by atoms with E-state index in [1.165, 1.54) is 0 Å². The number of carbonyl (C=O) groups is 2. The van der Waals surface area contributed by atoms with Crippen LogP contribution < -0.4 is 0 Å². The third-order valence-electron chi connectivity index (χ3n) is 2.90. The Morgan fingerprint density at radius 3 is 2.32 bits per heavy atom. The summed E-state index contributed by atoms with van der Waals surface area (Å²) in [5.41, 5.74) is 0. The van der Waals surface area contributed by atoms with Crippen LogP contribution >= 0.6 is 0 Å². The summed E-state index contributed by atoms with van der Waals surface area (Å²) in [4.78, 5) is 22.8. The standard InChI is InChI=1S/C14H24O5/c1-3-6-12(15)18-11-8-5-9-14(17-10-11)19-13(16)7-4-2/h11,14H,3-10H2,1-2H3. The first-order valence-corrected chi connectivity index (χ1v) is 7.16. The molecule has 0 aromatic rings. The van der Waals surface area contributed by atoms with Crippen molar-refractivity contribution in [2.24, 2.45) is 0 Å². The highest BCUT2D eigenvalue weighted by atomic mass is 16.7. The summed E-state index contributed by atoms with van der Waals surface area (Å²) in [5, 5.41) is 0. The lowest BCUT2D eigenvalue weighted by Crippen LogP contribution is -2.25. The fraction of sp³-hybridized carbons (Fsp3) is 0.857. The Morgan fingerprint density at radius 2 is 1.68 bits per heavy atom. The third kappa shape index (κ3) is 6.57. The van der Waals surface area contributed by atoms with Gasteiger partial charge in [-0.2, -0.15) is 0 Å². The van der Waals surface area contributed by atoms with Crippen LogP contribution in [0.5, 0.6) is 0 Å². The number of carbonyl (C=O) groups excluding carboxylic acids is 2. The molecule has 0 saturated carbocycles. The van der Waals surface area contributed by atoms with E-state index in [1.807, 2.05) is 13.8 Å². The number of esters is 2. The van der Waals surface area contributed by atoms with Crippen LogP contribution in [0.15, 0.2) is 0 Å². The lowest BCUT2D eigenvalue weighted by atomic mass is 10.2. The predicted octanol–water partition coefficient (Wildman–Crippen LogP) is 2.57. The van der Waals surface area contributed by atoms with Crippen molar-refractivity contribution in [1.29, 1.82) is 0 Å². The van der Waals surface area contributed by atoms with Crippen molar-refractivity contribution in [3.8, 4) is 0 Å². The summed E-state index contributed by atoms with van der Waals surface area (Å²) in [6, 6.07) is 0. The van der Waals surface area contributed by atoms with E-state index in [9.17, 15) is 9.59 Å². The van der Waals surface area contributed by atoms with Crippen molar-refractivity contribution < 1.29 is 23.8 Å². The highest BCUT2D eigenvalue weighted by molar-refractivity contribution is 5.69. The van der Waals surface area contributed by atoms with Gasteiger partial charge in [0.25, 0.3) is 0 Å². The quantitative estimate of drug-likeness (QED) is 0.695. The van der Waals surface area contributed by atoms with Gasteiger partial charge in [0.1, 0.15) is 6.10 Å². The van der Waals surface area contributed by atoms with Gasteiger partial charge in [0.05, 0.1) is 6.61 Å². The van der Waals surface area contributed by atoms with Gasteiger partial charge in [0.15, 0.2) is 0 Å². The van der Waals surface area contributed by atoms with Crippen LogP contribution in [0.3, 0.4) is 0 Å².